The minimum absolute atomic E-state index is 0.123. The summed E-state index contributed by atoms with van der Waals surface area (Å²) < 4.78 is 38.2. The van der Waals surface area contributed by atoms with Gasteiger partial charge < -0.3 is 5.32 Å². The van der Waals surface area contributed by atoms with Crippen molar-refractivity contribution >= 4 is 5.91 Å². The van der Waals surface area contributed by atoms with E-state index in [0.717, 1.165) is 10.7 Å². The molecule has 22 heavy (non-hydrogen) atoms. The van der Waals surface area contributed by atoms with Gasteiger partial charge in [0.25, 0.3) is 5.91 Å². The molecule has 2 aromatic rings. The van der Waals surface area contributed by atoms with Crippen LogP contribution in [0, 0.1) is 11.3 Å². The molecule has 1 heterocycles. The zero-order chi connectivity index (χ0) is 16.2. The lowest BCUT2D eigenvalue weighted by atomic mass is 10.1. The summed E-state index contributed by atoms with van der Waals surface area (Å²) in [6, 6.07) is 8.85. The maximum Gasteiger partial charge on any atom is 0.435 e. The smallest absolute Gasteiger partial charge is 0.350 e. The monoisotopic (exact) mass is 308 g/mol. The van der Waals surface area contributed by atoms with Crippen LogP contribution in [-0.2, 0) is 12.7 Å². The van der Waals surface area contributed by atoms with Crippen LogP contribution in [0.25, 0.3) is 0 Å². The third-order valence-electron chi connectivity index (χ3n) is 2.83. The molecule has 2 rings (SSSR count). The van der Waals surface area contributed by atoms with E-state index in [4.69, 9.17) is 5.26 Å². The molecule has 0 bridgehead atoms. The number of halogens is 3. The van der Waals surface area contributed by atoms with E-state index in [1.54, 1.807) is 0 Å². The van der Waals surface area contributed by atoms with Gasteiger partial charge in [0.2, 0.25) is 0 Å². The summed E-state index contributed by atoms with van der Waals surface area (Å²) in [6.45, 7) is 0.260. The molecular weight excluding hydrogens is 297 g/mol. The van der Waals surface area contributed by atoms with Crippen molar-refractivity contribution in [3.63, 3.8) is 0 Å². The lowest BCUT2D eigenvalue weighted by molar-refractivity contribution is -0.141. The van der Waals surface area contributed by atoms with E-state index in [2.05, 4.69) is 10.4 Å². The lowest BCUT2D eigenvalue weighted by Gasteiger charge is -2.06. The van der Waals surface area contributed by atoms with Crippen LogP contribution in [0.2, 0.25) is 0 Å². The normalized spacial score (nSPS) is 11.0. The Kier molecular flexibility index (Phi) is 4.46. The number of benzene rings is 1. The molecule has 1 aromatic heterocycles. The first kappa shape index (κ1) is 15.6. The van der Waals surface area contributed by atoms with E-state index < -0.39 is 11.9 Å². The van der Waals surface area contributed by atoms with Crippen LogP contribution in [0.4, 0.5) is 13.2 Å². The molecule has 0 aliphatic rings. The van der Waals surface area contributed by atoms with E-state index in [-0.39, 0.29) is 19.0 Å². The number of rotatable bonds is 4. The highest BCUT2D eigenvalue weighted by Crippen LogP contribution is 2.27. The molecule has 0 spiro atoms. The van der Waals surface area contributed by atoms with Crippen molar-refractivity contribution in [1.29, 1.82) is 5.26 Å². The van der Waals surface area contributed by atoms with E-state index in [1.165, 1.54) is 30.5 Å². The number of hydrogen-bond acceptors (Lipinski definition) is 3. The van der Waals surface area contributed by atoms with E-state index in [0.29, 0.717) is 11.1 Å². The standard InChI is InChI=1S/C14H11F3N4O/c15-14(16,17)12-5-7-21(20-12)8-6-19-13(22)11-3-1-10(9-18)2-4-11/h1-5,7H,6,8H2,(H,19,22). The Morgan fingerprint density at radius 2 is 1.95 bits per heavy atom. The molecule has 114 valence electrons. The highest BCUT2D eigenvalue weighted by atomic mass is 19.4. The van der Waals surface area contributed by atoms with Crippen LogP contribution in [0.15, 0.2) is 36.5 Å². The molecule has 0 unspecified atom stereocenters. The zero-order valence-electron chi connectivity index (χ0n) is 11.3. The summed E-state index contributed by atoms with van der Waals surface area (Å²) in [5.74, 6) is -0.368. The fourth-order valence-corrected chi connectivity index (χ4v) is 1.72. The number of carbonyl (C=O) groups excluding carboxylic acids is 1. The van der Waals surface area contributed by atoms with Gasteiger partial charge in [-0.15, -0.1) is 0 Å². The van der Waals surface area contributed by atoms with Gasteiger partial charge in [-0.3, -0.25) is 9.48 Å². The second-order valence-electron chi connectivity index (χ2n) is 4.41. The fourth-order valence-electron chi connectivity index (χ4n) is 1.72. The average Bonchev–Trinajstić information content (AvgIpc) is 2.96. The highest BCUT2D eigenvalue weighted by molar-refractivity contribution is 5.94. The predicted molar refractivity (Wildman–Crippen MR) is 70.7 cm³/mol. The molecule has 0 fully saturated rings. The highest BCUT2D eigenvalue weighted by Gasteiger charge is 2.33. The molecule has 1 N–H and O–H groups in total. The van der Waals surface area contributed by atoms with Gasteiger partial charge in [0.1, 0.15) is 0 Å². The number of amides is 1. The van der Waals surface area contributed by atoms with Crippen LogP contribution in [0.1, 0.15) is 21.6 Å². The molecule has 0 radical (unpaired) electrons. The van der Waals surface area contributed by atoms with Crippen molar-refractivity contribution in [2.75, 3.05) is 6.54 Å². The minimum atomic E-state index is -4.48. The van der Waals surface area contributed by atoms with Crippen molar-refractivity contribution in [3.8, 4) is 6.07 Å². The van der Waals surface area contributed by atoms with Gasteiger partial charge in [-0.2, -0.15) is 23.5 Å². The molecule has 0 saturated heterocycles. The fraction of sp³-hybridized carbons (Fsp3) is 0.214. The first-order valence-electron chi connectivity index (χ1n) is 6.29. The number of alkyl halides is 3. The Labute approximate surface area is 124 Å². The molecule has 1 amide bonds. The zero-order valence-corrected chi connectivity index (χ0v) is 11.3. The summed E-state index contributed by atoms with van der Waals surface area (Å²) in [5.41, 5.74) is -0.158. The Balaban J connectivity index is 1.86. The van der Waals surface area contributed by atoms with Crippen molar-refractivity contribution in [2.45, 2.75) is 12.7 Å². The van der Waals surface area contributed by atoms with Crippen molar-refractivity contribution < 1.29 is 18.0 Å². The molecular formula is C14H11F3N4O. The first-order chi connectivity index (χ1) is 10.4. The van der Waals surface area contributed by atoms with Crippen LogP contribution in [0.5, 0.6) is 0 Å². The Bertz CT molecular complexity index is 698. The van der Waals surface area contributed by atoms with Gasteiger partial charge in [0.15, 0.2) is 5.69 Å². The van der Waals surface area contributed by atoms with Crippen LogP contribution < -0.4 is 5.32 Å². The molecule has 1 aromatic carbocycles. The molecule has 0 atom stereocenters. The summed E-state index contributed by atoms with van der Waals surface area (Å²) in [6.07, 6.45) is -3.27. The summed E-state index contributed by atoms with van der Waals surface area (Å²) in [4.78, 5) is 11.8. The molecule has 0 aliphatic heterocycles. The van der Waals surface area contributed by atoms with Gasteiger partial charge >= 0.3 is 6.18 Å². The second-order valence-corrected chi connectivity index (χ2v) is 4.41. The minimum Gasteiger partial charge on any atom is -0.350 e. The second kappa shape index (κ2) is 6.30. The Hall–Kier alpha value is -2.82. The van der Waals surface area contributed by atoms with Crippen LogP contribution in [0.3, 0.4) is 0 Å². The first-order valence-corrected chi connectivity index (χ1v) is 6.29. The number of nitrogens with zero attached hydrogens (tertiary/aromatic N) is 3. The van der Waals surface area contributed by atoms with E-state index in [9.17, 15) is 18.0 Å². The van der Waals surface area contributed by atoms with Gasteiger partial charge in [-0.25, -0.2) is 0 Å². The lowest BCUT2D eigenvalue weighted by Crippen LogP contribution is -2.27. The van der Waals surface area contributed by atoms with Gasteiger partial charge in [-0.05, 0) is 30.3 Å². The number of hydrogen-bond donors (Lipinski definition) is 1. The average molecular weight is 308 g/mol. The molecule has 0 aliphatic carbocycles. The number of carbonyl (C=O) groups is 1. The van der Waals surface area contributed by atoms with E-state index >= 15 is 0 Å². The maximum atomic E-state index is 12.4. The van der Waals surface area contributed by atoms with Crippen LogP contribution >= 0.6 is 0 Å². The van der Waals surface area contributed by atoms with Gasteiger partial charge in [0.05, 0.1) is 18.2 Å². The molecule has 8 heteroatoms. The Morgan fingerprint density at radius 3 is 2.50 bits per heavy atom. The van der Waals surface area contributed by atoms with Gasteiger partial charge in [-0.1, -0.05) is 0 Å². The SMILES string of the molecule is N#Cc1ccc(C(=O)NCCn2ccc(C(F)(F)F)n2)cc1. The molecule has 5 nitrogen and oxygen atoms in total. The predicted octanol–water partition coefficient (Wildman–Crippen LogP) is 2.20. The topological polar surface area (TPSA) is 70.7 Å². The van der Waals surface area contributed by atoms with Crippen molar-refractivity contribution in [2.24, 2.45) is 0 Å². The van der Waals surface area contributed by atoms with Crippen LogP contribution in [-0.4, -0.2) is 22.2 Å². The number of nitrogens with one attached hydrogen (secondary N) is 1. The summed E-state index contributed by atoms with van der Waals surface area (Å²) >= 11 is 0. The van der Waals surface area contributed by atoms with Crippen molar-refractivity contribution in [3.05, 3.63) is 53.3 Å². The van der Waals surface area contributed by atoms with E-state index in [1.807, 2.05) is 6.07 Å². The quantitative estimate of drug-likeness (QED) is 0.941. The van der Waals surface area contributed by atoms with Gasteiger partial charge in [0, 0.05) is 18.3 Å². The maximum absolute atomic E-state index is 12.4. The third-order valence-corrected chi connectivity index (χ3v) is 2.83. The third kappa shape index (κ3) is 3.85. The summed E-state index contributed by atoms with van der Waals surface area (Å²) in [5, 5.41) is 14.6. The van der Waals surface area contributed by atoms with Crippen molar-refractivity contribution in [1.82, 2.24) is 15.1 Å². The summed E-state index contributed by atoms with van der Waals surface area (Å²) in [7, 11) is 0. The number of nitriles is 1. The largest absolute Gasteiger partial charge is 0.435 e. The number of aromatic nitrogens is 2. The Morgan fingerprint density at radius 1 is 1.27 bits per heavy atom. The molecule has 0 saturated carbocycles.